The molecule has 1 aromatic heterocycles. The van der Waals surface area contributed by atoms with E-state index in [2.05, 4.69) is 34.2 Å². The topological polar surface area (TPSA) is 41.1 Å². The molecule has 4 heteroatoms. The van der Waals surface area contributed by atoms with Crippen LogP contribution in [0.4, 0.5) is 5.69 Å². The van der Waals surface area contributed by atoms with Crippen molar-refractivity contribution >= 4 is 22.9 Å². The first-order valence-electron chi connectivity index (χ1n) is 8.82. The summed E-state index contributed by atoms with van der Waals surface area (Å²) in [6, 6.07) is 19.8. The van der Waals surface area contributed by atoms with Crippen LogP contribution in [0.3, 0.4) is 0 Å². The Labute approximate surface area is 159 Å². The van der Waals surface area contributed by atoms with Gasteiger partial charge < -0.3 is 10.6 Å². The van der Waals surface area contributed by atoms with E-state index < -0.39 is 0 Å². The molecule has 26 heavy (non-hydrogen) atoms. The number of nitrogens with one attached hydrogen (secondary N) is 2. The average Bonchev–Trinajstić information content (AvgIpc) is 3.16. The molecule has 0 aliphatic rings. The number of aryl methyl sites for hydroxylation is 2. The van der Waals surface area contributed by atoms with Crippen molar-refractivity contribution in [3.63, 3.8) is 0 Å². The summed E-state index contributed by atoms with van der Waals surface area (Å²) in [6.07, 6.45) is 0.914. The van der Waals surface area contributed by atoms with Crippen LogP contribution in [0.25, 0.3) is 0 Å². The highest BCUT2D eigenvalue weighted by Gasteiger charge is 2.20. The molecule has 134 valence electrons. The zero-order chi connectivity index (χ0) is 18.4. The monoisotopic (exact) mass is 364 g/mol. The Morgan fingerprint density at radius 2 is 1.85 bits per heavy atom. The number of carbonyl (C=O) groups excluding carboxylic acids is 1. The quantitative estimate of drug-likeness (QED) is 0.627. The van der Waals surface area contributed by atoms with Crippen molar-refractivity contribution in [3.05, 3.63) is 87.6 Å². The van der Waals surface area contributed by atoms with Crippen molar-refractivity contribution in [1.82, 2.24) is 5.32 Å². The van der Waals surface area contributed by atoms with Crippen LogP contribution in [0, 0.1) is 13.8 Å². The van der Waals surface area contributed by atoms with Gasteiger partial charge in [0.05, 0.1) is 0 Å². The predicted octanol–water partition coefficient (Wildman–Crippen LogP) is 4.88. The normalized spacial score (nSPS) is 11.9. The van der Waals surface area contributed by atoms with Gasteiger partial charge in [-0.25, -0.2) is 0 Å². The maximum absolute atomic E-state index is 13.0. The van der Waals surface area contributed by atoms with E-state index in [1.807, 2.05) is 56.3 Å². The molecule has 0 radical (unpaired) electrons. The highest BCUT2D eigenvalue weighted by atomic mass is 32.1. The van der Waals surface area contributed by atoms with Crippen LogP contribution in [0.5, 0.6) is 0 Å². The smallest absolute Gasteiger partial charge is 0.246 e. The lowest BCUT2D eigenvalue weighted by Crippen LogP contribution is -2.34. The van der Waals surface area contributed by atoms with E-state index >= 15 is 0 Å². The van der Waals surface area contributed by atoms with E-state index in [-0.39, 0.29) is 11.9 Å². The minimum absolute atomic E-state index is 0.0314. The molecule has 0 unspecified atom stereocenters. The van der Waals surface area contributed by atoms with Crippen LogP contribution in [0.2, 0.25) is 0 Å². The SMILES string of the molecule is Cc1ccc(C)c(NC(=O)[C@H](NCCc2cccs2)c2ccccc2)c1. The number of hydrogen-bond donors (Lipinski definition) is 2. The van der Waals surface area contributed by atoms with Crippen LogP contribution in [0.1, 0.15) is 27.6 Å². The van der Waals surface area contributed by atoms with Gasteiger partial charge in [-0.3, -0.25) is 4.79 Å². The number of anilines is 1. The van der Waals surface area contributed by atoms with Gasteiger partial charge in [0.25, 0.3) is 0 Å². The van der Waals surface area contributed by atoms with Gasteiger partial charge >= 0.3 is 0 Å². The predicted molar refractivity (Wildman–Crippen MR) is 110 cm³/mol. The molecule has 3 aromatic rings. The molecular formula is C22H24N2OS. The molecule has 0 aliphatic heterocycles. The fourth-order valence-corrected chi connectivity index (χ4v) is 3.59. The molecular weight excluding hydrogens is 340 g/mol. The molecule has 0 saturated heterocycles. The third-order valence-electron chi connectivity index (χ3n) is 4.35. The highest BCUT2D eigenvalue weighted by Crippen LogP contribution is 2.20. The summed E-state index contributed by atoms with van der Waals surface area (Å²) < 4.78 is 0. The average molecular weight is 365 g/mol. The van der Waals surface area contributed by atoms with E-state index in [0.29, 0.717) is 0 Å². The summed E-state index contributed by atoms with van der Waals surface area (Å²) >= 11 is 1.74. The molecule has 1 atom stereocenters. The maximum atomic E-state index is 13.0. The number of hydrogen-bond acceptors (Lipinski definition) is 3. The Bertz CT molecular complexity index is 844. The lowest BCUT2D eigenvalue weighted by molar-refractivity contribution is -0.118. The van der Waals surface area contributed by atoms with E-state index in [1.165, 1.54) is 4.88 Å². The third kappa shape index (κ3) is 4.81. The van der Waals surface area contributed by atoms with Crippen molar-refractivity contribution in [2.24, 2.45) is 0 Å². The van der Waals surface area contributed by atoms with Gasteiger partial charge in [-0.1, -0.05) is 48.5 Å². The number of benzene rings is 2. The first kappa shape index (κ1) is 18.4. The van der Waals surface area contributed by atoms with Crippen molar-refractivity contribution in [3.8, 4) is 0 Å². The van der Waals surface area contributed by atoms with E-state index in [4.69, 9.17) is 0 Å². The second-order valence-corrected chi connectivity index (χ2v) is 7.47. The molecule has 3 rings (SSSR count). The molecule has 0 aliphatic carbocycles. The zero-order valence-electron chi connectivity index (χ0n) is 15.2. The highest BCUT2D eigenvalue weighted by molar-refractivity contribution is 7.09. The minimum atomic E-state index is -0.379. The van der Waals surface area contributed by atoms with Crippen LogP contribution in [0.15, 0.2) is 66.0 Å². The summed E-state index contributed by atoms with van der Waals surface area (Å²) in [5.41, 5.74) is 4.04. The molecule has 0 bridgehead atoms. The van der Waals surface area contributed by atoms with Crippen LogP contribution >= 0.6 is 11.3 Å². The Kier molecular flexibility index (Phi) is 6.21. The Morgan fingerprint density at radius 1 is 1.04 bits per heavy atom. The maximum Gasteiger partial charge on any atom is 0.246 e. The number of thiophene rings is 1. The summed E-state index contributed by atoms with van der Waals surface area (Å²) in [6.45, 7) is 4.79. The van der Waals surface area contributed by atoms with Crippen molar-refractivity contribution in [1.29, 1.82) is 0 Å². The van der Waals surface area contributed by atoms with Crippen LogP contribution in [-0.2, 0) is 11.2 Å². The Hall–Kier alpha value is -2.43. The van der Waals surface area contributed by atoms with Crippen LogP contribution in [-0.4, -0.2) is 12.5 Å². The van der Waals surface area contributed by atoms with Crippen LogP contribution < -0.4 is 10.6 Å². The molecule has 0 saturated carbocycles. The largest absolute Gasteiger partial charge is 0.324 e. The summed E-state index contributed by atoms with van der Waals surface area (Å²) in [5, 5.41) is 8.60. The fourth-order valence-electron chi connectivity index (χ4n) is 2.88. The van der Waals surface area contributed by atoms with Gasteiger partial charge in [-0.2, -0.15) is 0 Å². The molecule has 0 fully saturated rings. The Balaban J connectivity index is 1.73. The Morgan fingerprint density at radius 3 is 2.58 bits per heavy atom. The summed E-state index contributed by atoms with van der Waals surface area (Å²) in [4.78, 5) is 14.3. The lowest BCUT2D eigenvalue weighted by atomic mass is 10.0. The van der Waals surface area contributed by atoms with Gasteiger partial charge in [0.2, 0.25) is 5.91 Å². The van der Waals surface area contributed by atoms with Gasteiger partial charge in [0.15, 0.2) is 0 Å². The number of carbonyl (C=O) groups is 1. The third-order valence-corrected chi connectivity index (χ3v) is 5.28. The van der Waals surface area contributed by atoms with Gasteiger partial charge in [0, 0.05) is 17.1 Å². The molecule has 2 N–H and O–H groups in total. The fraction of sp³-hybridized carbons (Fsp3) is 0.227. The van der Waals surface area contributed by atoms with Crippen molar-refractivity contribution in [2.75, 3.05) is 11.9 Å². The van der Waals surface area contributed by atoms with Crippen molar-refractivity contribution < 1.29 is 4.79 Å². The lowest BCUT2D eigenvalue weighted by Gasteiger charge is -2.20. The number of amides is 1. The summed E-state index contributed by atoms with van der Waals surface area (Å²) in [7, 11) is 0. The van der Waals surface area contributed by atoms with Crippen molar-refractivity contribution in [2.45, 2.75) is 26.3 Å². The van der Waals surface area contributed by atoms with E-state index in [9.17, 15) is 4.79 Å². The molecule has 0 spiro atoms. The second-order valence-electron chi connectivity index (χ2n) is 6.43. The molecule has 2 aromatic carbocycles. The molecule has 1 amide bonds. The van der Waals surface area contributed by atoms with Gasteiger partial charge in [-0.05, 0) is 54.5 Å². The number of rotatable bonds is 7. The molecule has 3 nitrogen and oxygen atoms in total. The first-order valence-corrected chi connectivity index (χ1v) is 9.70. The minimum Gasteiger partial charge on any atom is -0.324 e. The standard InChI is InChI=1S/C22H24N2OS/c1-16-10-11-17(2)20(15-16)24-22(25)21(18-7-4-3-5-8-18)23-13-12-19-9-6-14-26-19/h3-11,14-15,21,23H,12-13H2,1-2H3,(H,24,25)/t21-/m1/s1. The first-order chi connectivity index (χ1) is 12.6. The van der Waals surface area contributed by atoms with E-state index in [1.54, 1.807) is 11.3 Å². The van der Waals surface area contributed by atoms with Gasteiger partial charge in [0.1, 0.15) is 6.04 Å². The summed E-state index contributed by atoms with van der Waals surface area (Å²) in [5.74, 6) is -0.0314. The zero-order valence-corrected chi connectivity index (χ0v) is 16.0. The molecule has 1 heterocycles. The van der Waals surface area contributed by atoms with Gasteiger partial charge in [-0.15, -0.1) is 11.3 Å². The second kappa shape index (κ2) is 8.79. The van der Waals surface area contributed by atoms with E-state index in [0.717, 1.165) is 35.3 Å².